The average Bonchev–Trinajstić information content (AvgIpc) is 2.10. The van der Waals surface area contributed by atoms with E-state index in [0.717, 1.165) is 14.5 Å². The molecule has 1 heterocycles. The summed E-state index contributed by atoms with van der Waals surface area (Å²) in [5.74, 6) is 0. The molecule has 0 spiro atoms. The molecule has 1 unspecified atom stereocenters. The van der Waals surface area contributed by atoms with Gasteiger partial charge in [-0.25, -0.2) is 4.98 Å². The molecule has 0 saturated carbocycles. The fraction of sp³-hybridized carbons (Fsp3) is 0.500. The summed E-state index contributed by atoms with van der Waals surface area (Å²) < 4.78 is 0.834. The molecule has 1 rings (SSSR count). The minimum absolute atomic E-state index is 0.456. The Morgan fingerprint density at radius 1 is 1.70 bits per heavy atom. The van der Waals surface area contributed by atoms with Gasteiger partial charge in [-0.05, 0) is 29.8 Å². The van der Waals surface area contributed by atoms with E-state index in [2.05, 4.69) is 20.9 Å². The molecule has 0 fully saturated rings. The van der Waals surface area contributed by atoms with Crippen LogP contribution in [-0.2, 0) is 0 Å². The lowest BCUT2D eigenvalue weighted by molar-refractivity contribution is 0.194. The third-order valence-electron chi connectivity index (χ3n) is 1.20. The van der Waals surface area contributed by atoms with Crippen LogP contribution in [0.3, 0.4) is 0 Å². The van der Waals surface area contributed by atoms with Crippen molar-refractivity contribution in [1.82, 2.24) is 4.98 Å². The normalized spacial score (nSPS) is 13.6. The van der Waals surface area contributed by atoms with Gasteiger partial charge in [-0.3, -0.25) is 0 Å². The Morgan fingerprint density at radius 3 is 2.50 bits per heavy atom. The second kappa shape index (κ2) is 2.98. The van der Waals surface area contributed by atoms with Crippen LogP contribution in [0, 0.1) is 6.92 Å². The highest BCUT2D eigenvalue weighted by Crippen LogP contribution is 2.25. The lowest BCUT2D eigenvalue weighted by atomic mass is 10.3. The van der Waals surface area contributed by atoms with Crippen LogP contribution in [0.1, 0.15) is 23.6 Å². The number of rotatable bonds is 1. The summed E-state index contributed by atoms with van der Waals surface area (Å²) in [6, 6.07) is 0. The Hall–Kier alpha value is 0.0700. The fourth-order valence-corrected chi connectivity index (χ4v) is 2.40. The van der Waals surface area contributed by atoms with E-state index in [1.165, 1.54) is 0 Å². The third kappa shape index (κ3) is 1.56. The van der Waals surface area contributed by atoms with Gasteiger partial charge >= 0.3 is 0 Å². The first kappa shape index (κ1) is 8.17. The van der Waals surface area contributed by atoms with Crippen LogP contribution in [0.25, 0.3) is 0 Å². The monoisotopic (exact) mass is 221 g/mol. The van der Waals surface area contributed by atoms with Crippen molar-refractivity contribution in [3.63, 3.8) is 0 Å². The zero-order valence-corrected chi connectivity index (χ0v) is 8.16. The van der Waals surface area contributed by atoms with Gasteiger partial charge in [0.15, 0.2) is 3.92 Å². The highest BCUT2D eigenvalue weighted by Gasteiger charge is 2.09. The molecule has 4 heteroatoms. The smallest absolute Gasteiger partial charge is 0.159 e. The third-order valence-corrected chi connectivity index (χ3v) is 2.64. The Labute approximate surface area is 72.0 Å². The van der Waals surface area contributed by atoms with Crippen molar-refractivity contribution in [2.24, 2.45) is 0 Å². The van der Waals surface area contributed by atoms with Gasteiger partial charge in [0.2, 0.25) is 0 Å². The molecule has 10 heavy (non-hydrogen) atoms. The second-order valence-corrected chi connectivity index (χ2v) is 4.56. The number of aliphatic hydroxyl groups excluding tert-OH is 1. The maximum absolute atomic E-state index is 9.14. The van der Waals surface area contributed by atoms with Crippen molar-refractivity contribution in [2.75, 3.05) is 0 Å². The van der Waals surface area contributed by atoms with E-state index in [9.17, 15) is 0 Å². The largest absolute Gasteiger partial charge is 0.387 e. The quantitative estimate of drug-likeness (QED) is 0.790. The Kier molecular flexibility index (Phi) is 2.44. The molecule has 1 aromatic rings. The minimum Gasteiger partial charge on any atom is -0.387 e. The van der Waals surface area contributed by atoms with Crippen LogP contribution in [0.5, 0.6) is 0 Å². The van der Waals surface area contributed by atoms with Crippen molar-refractivity contribution < 1.29 is 5.11 Å². The Morgan fingerprint density at radius 2 is 2.30 bits per heavy atom. The number of aryl methyl sites for hydroxylation is 1. The van der Waals surface area contributed by atoms with Crippen LogP contribution in [0.2, 0.25) is 0 Å². The SMILES string of the molecule is Cc1sc(Br)nc1C(C)O. The average molecular weight is 222 g/mol. The molecular formula is C6H8BrNOS. The first-order chi connectivity index (χ1) is 4.61. The maximum atomic E-state index is 9.14. The van der Waals surface area contributed by atoms with Gasteiger partial charge in [0.1, 0.15) is 0 Å². The summed E-state index contributed by atoms with van der Waals surface area (Å²) in [6.45, 7) is 3.67. The molecule has 1 N–H and O–H groups in total. The van der Waals surface area contributed by atoms with E-state index in [1.807, 2.05) is 6.92 Å². The van der Waals surface area contributed by atoms with Gasteiger partial charge in [-0.2, -0.15) is 0 Å². The Bertz CT molecular complexity index is 234. The summed E-state index contributed by atoms with van der Waals surface area (Å²) in [5, 5.41) is 9.14. The maximum Gasteiger partial charge on any atom is 0.159 e. The molecule has 0 aliphatic carbocycles. The zero-order chi connectivity index (χ0) is 7.72. The summed E-state index contributed by atoms with van der Waals surface area (Å²) in [5.41, 5.74) is 0.775. The van der Waals surface area contributed by atoms with Crippen LogP contribution in [0.15, 0.2) is 3.92 Å². The molecule has 2 nitrogen and oxygen atoms in total. The van der Waals surface area contributed by atoms with Crippen molar-refractivity contribution in [3.05, 3.63) is 14.5 Å². The molecule has 56 valence electrons. The number of nitrogens with zero attached hydrogens (tertiary/aromatic N) is 1. The number of aromatic nitrogens is 1. The molecule has 0 aliphatic heterocycles. The number of aliphatic hydroxyl groups is 1. The topological polar surface area (TPSA) is 33.1 Å². The first-order valence-corrected chi connectivity index (χ1v) is 4.53. The summed E-state index contributed by atoms with van der Waals surface area (Å²) in [6.07, 6.45) is -0.456. The standard InChI is InChI=1S/C6H8BrNOS/c1-3(9)5-4(2)10-6(7)8-5/h3,9H,1-2H3. The van der Waals surface area contributed by atoms with E-state index in [0.29, 0.717) is 0 Å². The molecule has 0 amide bonds. The molecular weight excluding hydrogens is 214 g/mol. The van der Waals surface area contributed by atoms with Crippen molar-refractivity contribution in [2.45, 2.75) is 20.0 Å². The fourth-order valence-electron chi connectivity index (χ4n) is 0.762. The van der Waals surface area contributed by atoms with Crippen LogP contribution < -0.4 is 0 Å². The van der Waals surface area contributed by atoms with Crippen molar-refractivity contribution in [1.29, 1.82) is 0 Å². The van der Waals surface area contributed by atoms with Crippen LogP contribution >= 0.6 is 27.3 Å². The van der Waals surface area contributed by atoms with Crippen LogP contribution in [0.4, 0.5) is 0 Å². The van der Waals surface area contributed by atoms with E-state index in [4.69, 9.17) is 5.11 Å². The van der Waals surface area contributed by atoms with Gasteiger partial charge in [-0.1, -0.05) is 0 Å². The lowest BCUT2D eigenvalue weighted by Gasteiger charge is -1.98. The van der Waals surface area contributed by atoms with Crippen LogP contribution in [-0.4, -0.2) is 10.1 Å². The number of halogens is 1. The second-order valence-electron chi connectivity index (χ2n) is 2.08. The number of hydrogen-bond donors (Lipinski definition) is 1. The molecule has 0 radical (unpaired) electrons. The van der Waals surface area contributed by atoms with Gasteiger partial charge in [0.25, 0.3) is 0 Å². The molecule has 0 aliphatic rings. The van der Waals surface area contributed by atoms with E-state index < -0.39 is 6.10 Å². The Balaban J connectivity index is 3.03. The lowest BCUT2D eigenvalue weighted by Crippen LogP contribution is -1.92. The molecule has 1 aromatic heterocycles. The van der Waals surface area contributed by atoms with Gasteiger partial charge in [-0.15, -0.1) is 11.3 Å². The van der Waals surface area contributed by atoms with E-state index in [-0.39, 0.29) is 0 Å². The molecule has 0 aromatic carbocycles. The van der Waals surface area contributed by atoms with E-state index in [1.54, 1.807) is 18.3 Å². The van der Waals surface area contributed by atoms with Gasteiger partial charge < -0.3 is 5.11 Å². The highest BCUT2D eigenvalue weighted by atomic mass is 79.9. The van der Waals surface area contributed by atoms with Gasteiger partial charge in [0.05, 0.1) is 11.8 Å². The molecule has 0 bridgehead atoms. The summed E-state index contributed by atoms with van der Waals surface area (Å²) in [4.78, 5) is 5.17. The summed E-state index contributed by atoms with van der Waals surface area (Å²) in [7, 11) is 0. The summed E-state index contributed by atoms with van der Waals surface area (Å²) >= 11 is 4.79. The molecule has 1 atom stereocenters. The minimum atomic E-state index is -0.456. The highest BCUT2D eigenvalue weighted by molar-refractivity contribution is 9.11. The number of hydrogen-bond acceptors (Lipinski definition) is 3. The van der Waals surface area contributed by atoms with Crippen molar-refractivity contribution >= 4 is 27.3 Å². The first-order valence-electron chi connectivity index (χ1n) is 2.92. The predicted molar refractivity (Wildman–Crippen MR) is 45.2 cm³/mol. The van der Waals surface area contributed by atoms with E-state index >= 15 is 0 Å². The van der Waals surface area contributed by atoms with Crippen molar-refractivity contribution in [3.8, 4) is 0 Å². The van der Waals surface area contributed by atoms with Gasteiger partial charge in [0, 0.05) is 4.88 Å². The molecule has 0 saturated heterocycles. The zero-order valence-electron chi connectivity index (χ0n) is 5.76. The predicted octanol–water partition coefficient (Wildman–Crippen LogP) is 2.27. The number of thiazole rings is 1.